The van der Waals surface area contributed by atoms with Crippen LogP contribution in [0.25, 0.3) is 0 Å². The average Bonchev–Trinajstić information content (AvgIpc) is 2.56. The fourth-order valence-corrected chi connectivity index (χ4v) is 6.56. The molecule has 2 heteroatoms. The van der Waals surface area contributed by atoms with Crippen LogP contribution in [-0.2, 0) is 4.57 Å². The van der Waals surface area contributed by atoms with Gasteiger partial charge in [0.25, 0.3) is 0 Å². The summed E-state index contributed by atoms with van der Waals surface area (Å²) in [6, 6.07) is 20.1. The first-order chi connectivity index (χ1) is 11.1. The molecule has 23 heavy (non-hydrogen) atoms. The topological polar surface area (TPSA) is 17.1 Å². The van der Waals surface area contributed by atoms with Crippen LogP contribution in [0.3, 0.4) is 0 Å². The molecule has 0 bridgehead atoms. The molecular formula is C21H29OP. The third kappa shape index (κ3) is 4.82. The molecule has 0 fully saturated rings. The Kier molecular flexibility index (Phi) is 6.66. The van der Waals surface area contributed by atoms with Crippen molar-refractivity contribution in [1.29, 1.82) is 0 Å². The first kappa shape index (κ1) is 18.0. The molecule has 0 spiro atoms. The van der Waals surface area contributed by atoms with Crippen LogP contribution in [0, 0.1) is 11.8 Å². The number of hydrogen-bond acceptors (Lipinski definition) is 1. The summed E-state index contributed by atoms with van der Waals surface area (Å²) in [5.41, 5.74) is 0. The van der Waals surface area contributed by atoms with Gasteiger partial charge in [0.2, 0.25) is 0 Å². The van der Waals surface area contributed by atoms with Gasteiger partial charge in [-0.3, -0.25) is 0 Å². The van der Waals surface area contributed by atoms with E-state index in [9.17, 15) is 4.57 Å². The lowest BCUT2D eigenvalue weighted by molar-refractivity contribution is 0.412. The van der Waals surface area contributed by atoms with Gasteiger partial charge in [0, 0.05) is 16.8 Å². The van der Waals surface area contributed by atoms with Crippen molar-refractivity contribution in [3.05, 3.63) is 60.7 Å². The minimum Gasteiger partial charge on any atom is -0.314 e. The van der Waals surface area contributed by atoms with Gasteiger partial charge >= 0.3 is 0 Å². The Hall–Kier alpha value is -1.33. The second-order valence-corrected chi connectivity index (χ2v) is 9.71. The maximum atomic E-state index is 14.0. The molecule has 0 amide bonds. The Morgan fingerprint density at radius 2 is 1.30 bits per heavy atom. The molecule has 124 valence electrons. The lowest BCUT2D eigenvalue weighted by Gasteiger charge is -2.24. The van der Waals surface area contributed by atoms with E-state index >= 15 is 0 Å². The van der Waals surface area contributed by atoms with Crippen molar-refractivity contribution >= 4 is 17.8 Å². The standard InChI is InChI=1S/C21H29OP/c1-4-11-18(2)16-19(3)17-23(22,20-12-7-5-8-13-20)21-14-9-6-10-15-21/h5-10,12-15,18-19H,4,11,16-17H2,1-3H3. The Bertz CT molecular complexity index is 577. The van der Waals surface area contributed by atoms with Crippen LogP contribution in [-0.4, -0.2) is 6.16 Å². The van der Waals surface area contributed by atoms with Crippen LogP contribution >= 0.6 is 7.14 Å². The largest absolute Gasteiger partial charge is 0.314 e. The van der Waals surface area contributed by atoms with Gasteiger partial charge in [-0.05, 0) is 18.3 Å². The minimum absolute atomic E-state index is 0.461. The smallest absolute Gasteiger partial charge is 0.143 e. The summed E-state index contributed by atoms with van der Waals surface area (Å²) in [6.45, 7) is 6.81. The van der Waals surface area contributed by atoms with Crippen LogP contribution in [0.4, 0.5) is 0 Å². The predicted octanol–water partition coefficient (Wildman–Crippen LogP) is 5.46. The van der Waals surface area contributed by atoms with Crippen LogP contribution in [0.15, 0.2) is 60.7 Å². The molecule has 0 saturated heterocycles. The normalized spacial score (nSPS) is 14.4. The van der Waals surface area contributed by atoms with Crippen molar-refractivity contribution in [3.8, 4) is 0 Å². The maximum Gasteiger partial charge on any atom is 0.143 e. The summed E-state index contributed by atoms with van der Waals surface area (Å²) in [5.74, 6) is 1.16. The van der Waals surface area contributed by atoms with E-state index in [0.717, 1.165) is 23.2 Å². The Balaban J connectivity index is 2.27. The fourth-order valence-electron chi connectivity index (χ4n) is 3.51. The zero-order valence-corrected chi connectivity index (χ0v) is 15.5. The van der Waals surface area contributed by atoms with Gasteiger partial charge in [-0.2, -0.15) is 0 Å². The summed E-state index contributed by atoms with van der Waals surface area (Å²) >= 11 is 0. The summed E-state index contributed by atoms with van der Waals surface area (Å²) in [7, 11) is -2.56. The molecular weight excluding hydrogens is 299 g/mol. The van der Waals surface area contributed by atoms with Crippen molar-refractivity contribution in [2.45, 2.75) is 40.0 Å². The number of hydrogen-bond donors (Lipinski definition) is 0. The van der Waals surface area contributed by atoms with Gasteiger partial charge in [-0.1, -0.05) is 94.3 Å². The molecule has 0 aliphatic carbocycles. The van der Waals surface area contributed by atoms with Crippen molar-refractivity contribution in [2.75, 3.05) is 6.16 Å². The Morgan fingerprint density at radius 3 is 1.74 bits per heavy atom. The average molecular weight is 328 g/mol. The van der Waals surface area contributed by atoms with Crippen molar-refractivity contribution < 1.29 is 4.57 Å². The highest BCUT2D eigenvalue weighted by Gasteiger charge is 2.29. The number of benzene rings is 2. The van der Waals surface area contributed by atoms with Crippen molar-refractivity contribution in [3.63, 3.8) is 0 Å². The number of rotatable bonds is 8. The van der Waals surface area contributed by atoms with Crippen LogP contribution < -0.4 is 10.6 Å². The SMILES string of the molecule is CCCC(C)CC(C)CP(=O)(c1ccccc1)c1ccccc1. The Labute approximate surface area is 141 Å². The Morgan fingerprint density at radius 1 is 0.826 bits per heavy atom. The third-order valence-corrected chi connectivity index (χ3v) is 7.90. The molecule has 0 aliphatic rings. The lowest BCUT2D eigenvalue weighted by Crippen LogP contribution is -2.22. The molecule has 0 aromatic heterocycles. The van der Waals surface area contributed by atoms with Crippen molar-refractivity contribution in [1.82, 2.24) is 0 Å². The van der Waals surface area contributed by atoms with Crippen molar-refractivity contribution in [2.24, 2.45) is 11.8 Å². The monoisotopic (exact) mass is 328 g/mol. The van der Waals surface area contributed by atoms with Gasteiger partial charge in [0.1, 0.15) is 7.14 Å². The zero-order chi connectivity index (χ0) is 16.7. The molecule has 0 N–H and O–H groups in total. The van der Waals surface area contributed by atoms with E-state index in [1.807, 2.05) is 60.7 Å². The molecule has 0 radical (unpaired) electrons. The van der Waals surface area contributed by atoms with Crippen LogP contribution in [0.2, 0.25) is 0 Å². The zero-order valence-electron chi connectivity index (χ0n) is 14.6. The van der Waals surface area contributed by atoms with E-state index in [1.54, 1.807) is 0 Å². The van der Waals surface area contributed by atoms with E-state index < -0.39 is 7.14 Å². The summed E-state index contributed by atoms with van der Waals surface area (Å²) in [4.78, 5) is 0. The van der Waals surface area contributed by atoms with Gasteiger partial charge in [0.15, 0.2) is 0 Å². The van der Waals surface area contributed by atoms with E-state index in [-0.39, 0.29) is 0 Å². The summed E-state index contributed by atoms with van der Waals surface area (Å²) in [6.07, 6.45) is 4.39. The van der Waals surface area contributed by atoms with Gasteiger partial charge < -0.3 is 4.57 Å². The first-order valence-electron chi connectivity index (χ1n) is 8.76. The molecule has 2 aromatic rings. The maximum absolute atomic E-state index is 14.0. The predicted molar refractivity (Wildman–Crippen MR) is 102 cm³/mol. The molecule has 2 rings (SSSR count). The quantitative estimate of drug-likeness (QED) is 0.588. The summed E-state index contributed by atoms with van der Waals surface area (Å²) in [5, 5.41) is 1.97. The lowest BCUT2D eigenvalue weighted by atomic mass is 9.95. The van der Waals surface area contributed by atoms with Gasteiger partial charge in [0.05, 0.1) is 0 Å². The minimum atomic E-state index is -2.56. The molecule has 0 saturated carbocycles. The van der Waals surface area contributed by atoms with E-state index in [0.29, 0.717) is 11.8 Å². The third-order valence-electron chi connectivity index (χ3n) is 4.50. The second kappa shape index (κ2) is 8.50. The second-order valence-electron chi connectivity index (χ2n) is 6.83. The molecule has 2 aromatic carbocycles. The highest BCUT2D eigenvalue weighted by molar-refractivity contribution is 7.78. The van der Waals surface area contributed by atoms with Crippen LogP contribution in [0.5, 0.6) is 0 Å². The highest BCUT2D eigenvalue weighted by Crippen LogP contribution is 2.46. The van der Waals surface area contributed by atoms with Gasteiger partial charge in [-0.15, -0.1) is 0 Å². The molecule has 0 heterocycles. The highest BCUT2D eigenvalue weighted by atomic mass is 31.2. The van der Waals surface area contributed by atoms with Gasteiger partial charge in [-0.25, -0.2) is 0 Å². The van der Waals surface area contributed by atoms with E-state index in [2.05, 4.69) is 20.8 Å². The van der Waals surface area contributed by atoms with E-state index in [1.165, 1.54) is 12.8 Å². The van der Waals surface area contributed by atoms with Crippen LogP contribution in [0.1, 0.15) is 40.0 Å². The molecule has 0 aliphatic heterocycles. The summed E-state index contributed by atoms with van der Waals surface area (Å²) < 4.78 is 14.0. The van der Waals surface area contributed by atoms with E-state index in [4.69, 9.17) is 0 Å². The molecule has 1 nitrogen and oxygen atoms in total. The molecule has 2 atom stereocenters. The first-order valence-corrected chi connectivity index (χ1v) is 10.7. The fraction of sp³-hybridized carbons (Fsp3) is 0.429. The molecule has 2 unspecified atom stereocenters.